The molecule has 2 aromatic carbocycles. The lowest BCUT2D eigenvalue weighted by Gasteiger charge is -2.05. The Bertz CT molecular complexity index is 541. The molecule has 0 saturated carbocycles. The van der Waals surface area contributed by atoms with E-state index in [0.717, 1.165) is 0 Å². The molecule has 86 valence electrons. The van der Waals surface area contributed by atoms with Crippen LogP contribution in [0.1, 0.15) is 0 Å². The smallest absolute Gasteiger partial charge is 0.295 e. The number of nitrogens with two attached hydrogens (primary N) is 1. The molecular formula is C12H10N2O3. The average molecular weight is 230 g/mol. The summed E-state index contributed by atoms with van der Waals surface area (Å²) in [6.45, 7) is 0. The minimum Gasteiger partial charge on any atom is -0.457 e. The Labute approximate surface area is 97.6 Å². The van der Waals surface area contributed by atoms with Crippen LogP contribution in [-0.2, 0) is 0 Å². The number of hydrogen-bond donors (Lipinski definition) is 1. The number of anilines is 1. The Balaban J connectivity index is 2.29. The van der Waals surface area contributed by atoms with Crippen molar-refractivity contribution in [3.63, 3.8) is 0 Å². The molecule has 0 aliphatic heterocycles. The summed E-state index contributed by atoms with van der Waals surface area (Å²) in [6, 6.07) is 13.4. The SMILES string of the molecule is Nc1ccc(Oc2ccccc2)cc1[N+](=O)[O-]. The topological polar surface area (TPSA) is 78.4 Å². The van der Waals surface area contributed by atoms with E-state index in [0.29, 0.717) is 11.5 Å². The Kier molecular flexibility index (Phi) is 2.91. The highest BCUT2D eigenvalue weighted by Crippen LogP contribution is 2.29. The van der Waals surface area contributed by atoms with Crippen LogP contribution in [0.5, 0.6) is 11.5 Å². The van der Waals surface area contributed by atoms with E-state index >= 15 is 0 Å². The van der Waals surface area contributed by atoms with Gasteiger partial charge in [0.05, 0.1) is 11.0 Å². The van der Waals surface area contributed by atoms with E-state index < -0.39 is 4.92 Å². The quantitative estimate of drug-likeness (QED) is 0.499. The van der Waals surface area contributed by atoms with Gasteiger partial charge in [-0.1, -0.05) is 18.2 Å². The Morgan fingerprint density at radius 3 is 2.41 bits per heavy atom. The first kappa shape index (κ1) is 10.9. The summed E-state index contributed by atoms with van der Waals surface area (Å²) < 4.78 is 5.46. The maximum Gasteiger partial charge on any atom is 0.295 e. The number of nitro groups is 1. The molecule has 0 fully saturated rings. The lowest BCUT2D eigenvalue weighted by atomic mass is 10.2. The number of nitrogen functional groups attached to an aromatic ring is 1. The van der Waals surface area contributed by atoms with E-state index in [2.05, 4.69) is 0 Å². The van der Waals surface area contributed by atoms with Crippen molar-refractivity contribution in [1.82, 2.24) is 0 Å². The third-order valence-corrected chi connectivity index (χ3v) is 2.18. The van der Waals surface area contributed by atoms with Gasteiger partial charge in [0.15, 0.2) is 0 Å². The molecule has 0 unspecified atom stereocenters. The zero-order valence-corrected chi connectivity index (χ0v) is 8.87. The number of ether oxygens (including phenoxy) is 1. The van der Waals surface area contributed by atoms with Crippen LogP contribution in [0, 0.1) is 10.1 Å². The summed E-state index contributed by atoms with van der Waals surface area (Å²) in [7, 11) is 0. The standard InChI is InChI=1S/C12H10N2O3/c13-11-7-6-10(8-12(11)14(15)16)17-9-4-2-1-3-5-9/h1-8H,13H2. The second-order valence-electron chi connectivity index (χ2n) is 3.39. The molecule has 0 amide bonds. The van der Waals surface area contributed by atoms with Crippen LogP contribution in [0.25, 0.3) is 0 Å². The van der Waals surface area contributed by atoms with Crippen LogP contribution in [0.15, 0.2) is 48.5 Å². The van der Waals surface area contributed by atoms with Gasteiger partial charge in [0.1, 0.15) is 17.2 Å². The minimum atomic E-state index is -0.535. The molecular weight excluding hydrogens is 220 g/mol. The van der Waals surface area contributed by atoms with Gasteiger partial charge in [-0.3, -0.25) is 10.1 Å². The fourth-order valence-corrected chi connectivity index (χ4v) is 1.37. The molecule has 5 heteroatoms. The van der Waals surface area contributed by atoms with E-state index in [1.165, 1.54) is 12.1 Å². The number of nitro benzene ring substituents is 1. The molecule has 0 atom stereocenters. The molecule has 2 aromatic rings. The molecule has 0 aliphatic rings. The van der Waals surface area contributed by atoms with Crippen LogP contribution >= 0.6 is 0 Å². The maximum atomic E-state index is 10.7. The molecule has 5 nitrogen and oxygen atoms in total. The van der Waals surface area contributed by atoms with E-state index in [9.17, 15) is 10.1 Å². The normalized spacial score (nSPS) is 9.88. The summed E-state index contributed by atoms with van der Waals surface area (Å²) in [6.07, 6.45) is 0. The first-order valence-corrected chi connectivity index (χ1v) is 4.93. The van der Waals surface area contributed by atoms with E-state index in [4.69, 9.17) is 10.5 Å². The molecule has 0 radical (unpaired) electrons. The highest BCUT2D eigenvalue weighted by atomic mass is 16.6. The van der Waals surface area contributed by atoms with Crippen molar-refractivity contribution < 1.29 is 9.66 Å². The van der Waals surface area contributed by atoms with Gasteiger partial charge in [-0.25, -0.2) is 0 Å². The third-order valence-electron chi connectivity index (χ3n) is 2.18. The molecule has 2 rings (SSSR count). The molecule has 0 spiro atoms. The Hall–Kier alpha value is -2.56. The first-order chi connectivity index (χ1) is 8.16. The Morgan fingerprint density at radius 1 is 1.06 bits per heavy atom. The number of rotatable bonds is 3. The van der Waals surface area contributed by atoms with Gasteiger partial charge in [0.2, 0.25) is 0 Å². The second kappa shape index (κ2) is 4.52. The van der Waals surface area contributed by atoms with Gasteiger partial charge in [-0.15, -0.1) is 0 Å². The van der Waals surface area contributed by atoms with Crippen LogP contribution in [0.3, 0.4) is 0 Å². The van der Waals surface area contributed by atoms with Gasteiger partial charge in [0.25, 0.3) is 5.69 Å². The fourth-order valence-electron chi connectivity index (χ4n) is 1.37. The zero-order valence-electron chi connectivity index (χ0n) is 8.87. The number of para-hydroxylation sites is 1. The molecule has 0 bridgehead atoms. The van der Waals surface area contributed by atoms with Crippen LogP contribution in [-0.4, -0.2) is 4.92 Å². The zero-order chi connectivity index (χ0) is 12.3. The molecule has 0 heterocycles. The van der Waals surface area contributed by atoms with Crippen molar-refractivity contribution >= 4 is 11.4 Å². The maximum absolute atomic E-state index is 10.7. The second-order valence-corrected chi connectivity index (χ2v) is 3.39. The van der Waals surface area contributed by atoms with Crippen molar-refractivity contribution in [2.24, 2.45) is 0 Å². The molecule has 2 N–H and O–H groups in total. The molecule has 0 saturated heterocycles. The van der Waals surface area contributed by atoms with Crippen molar-refractivity contribution in [3.05, 3.63) is 58.6 Å². The van der Waals surface area contributed by atoms with Crippen molar-refractivity contribution in [2.45, 2.75) is 0 Å². The van der Waals surface area contributed by atoms with E-state index in [1.807, 2.05) is 18.2 Å². The van der Waals surface area contributed by atoms with Crippen molar-refractivity contribution in [1.29, 1.82) is 0 Å². The highest BCUT2D eigenvalue weighted by molar-refractivity contribution is 5.60. The summed E-state index contributed by atoms with van der Waals surface area (Å²) >= 11 is 0. The number of hydrogen-bond acceptors (Lipinski definition) is 4. The van der Waals surface area contributed by atoms with Gasteiger partial charge < -0.3 is 10.5 Å². The van der Waals surface area contributed by atoms with Gasteiger partial charge in [0, 0.05) is 0 Å². The molecule has 0 aliphatic carbocycles. The lowest BCUT2D eigenvalue weighted by Crippen LogP contribution is -1.96. The fraction of sp³-hybridized carbons (Fsp3) is 0. The monoisotopic (exact) mass is 230 g/mol. The van der Waals surface area contributed by atoms with Crippen molar-refractivity contribution in [2.75, 3.05) is 5.73 Å². The van der Waals surface area contributed by atoms with Crippen LogP contribution < -0.4 is 10.5 Å². The van der Waals surface area contributed by atoms with Gasteiger partial charge in [-0.05, 0) is 24.3 Å². The van der Waals surface area contributed by atoms with Crippen molar-refractivity contribution in [3.8, 4) is 11.5 Å². The average Bonchev–Trinajstić information content (AvgIpc) is 2.32. The first-order valence-electron chi connectivity index (χ1n) is 4.93. The van der Waals surface area contributed by atoms with Crippen LogP contribution in [0.4, 0.5) is 11.4 Å². The Morgan fingerprint density at radius 2 is 1.76 bits per heavy atom. The minimum absolute atomic E-state index is 0.121. The largest absolute Gasteiger partial charge is 0.457 e. The molecule has 0 aromatic heterocycles. The third kappa shape index (κ3) is 2.52. The summed E-state index contributed by atoms with van der Waals surface area (Å²) in [5.74, 6) is 1.00. The number of nitrogens with zero attached hydrogens (tertiary/aromatic N) is 1. The lowest BCUT2D eigenvalue weighted by molar-refractivity contribution is -0.384. The summed E-state index contributed by atoms with van der Waals surface area (Å²) in [5, 5.41) is 10.7. The highest BCUT2D eigenvalue weighted by Gasteiger charge is 2.12. The number of benzene rings is 2. The van der Waals surface area contributed by atoms with E-state index in [1.54, 1.807) is 18.2 Å². The van der Waals surface area contributed by atoms with E-state index in [-0.39, 0.29) is 11.4 Å². The predicted molar refractivity (Wildman–Crippen MR) is 64.0 cm³/mol. The van der Waals surface area contributed by atoms with Crippen LogP contribution in [0.2, 0.25) is 0 Å². The predicted octanol–water partition coefficient (Wildman–Crippen LogP) is 2.97. The molecule has 17 heavy (non-hydrogen) atoms. The summed E-state index contributed by atoms with van der Waals surface area (Å²) in [4.78, 5) is 10.2. The summed E-state index contributed by atoms with van der Waals surface area (Å²) in [5.41, 5.74) is 5.45. The van der Waals surface area contributed by atoms with Gasteiger partial charge in [-0.2, -0.15) is 0 Å². The van der Waals surface area contributed by atoms with Gasteiger partial charge >= 0.3 is 0 Å².